The first kappa shape index (κ1) is 17.1. The van der Waals surface area contributed by atoms with Crippen molar-refractivity contribution in [3.05, 3.63) is 40.9 Å². The van der Waals surface area contributed by atoms with Gasteiger partial charge in [0.2, 0.25) is 5.78 Å². The van der Waals surface area contributed by atoms with E-state index in [4.69, 9.17) is 0 Å². The number of hydrogen-bond donors (Lipinski definition) is 1. The Labute approximate surface area is 144 Å². The largest absolute Gasteiger partial charge is 0.388 e. The van der Waals surface area contributed by atoms with E-state index in [9.17, 15) is 18.3 Å². The number of hydrogen-bond acceptors (Lipinski definition) is 7. The molecule has 0 spiro atoms. The van der Waals surface area contributed by atoms with Gasteiger partial charge in [0.05, 0.1) is 21.6 Å². The fourth-order valence-electron chi connectivity index (χ4n) is 2.63. The summed E-state index contributed by atoms with van der Waals surface area (Å²) < 4.78 is 23.3. The molecule has 0 radical (unpaired) electrons. The van der Waals surface area contributed by atoms with E-state index in [0.29, 0.717) is 35.1 Å². The molecule has 1 N–H and O–H groups in total. The molecule has 0 aliphatic carbocycles. The van der Waals surface area contributed by atoms with Gasteiger partial charge in [-0.25, -0.2) is 13.4 Å². The van der Waals surface area contributed by atoms with Gasteiger partial charge < -0.3 is 10.0 Å². The lowest BCUT2D eigenvalue weighted by molar-refractivity contribution is 0.0839. The molecule has 1 aromatic carbocycles. The van der Waals surface area contributed by atoms with Crippen LogP contribution in [-0.4, -0.2) is 49.2 Å². The number of sulfone groups is 1. The van der Waals surface area contributed by atoms with Crippen LogP contribution in [-0.2, 0) is 9.84 Å². The maximum absolute atomic E-state index is 12.6. The minimum Gasteiger partial charge on any atom is -0.388 e. The van der Waals surface area contributed by atoms with Gasteiger partial charge in [0, 0.05) is 24.9 Å². The van der Waals surface area contributed by atoms with Crippen LogP contribution in [0.15, 0.2) is 35.4 Å². The fourth-order valence-corrected chi connectivity index (χ4v) is 4.20. The maximum Gasteiger partial charge on any atom is 0.204 e. The Morgan fingerprint density at radius 1 is 1.42 bits per heavy atom. The highest BCUT2D eigenvalue weighted by atomic mass is 32.2. The second-order valence-electron chi connectivity index (χ2n) is 6.30. The van der Waals surface area contributed by atoms with Crippen molar-refractivity contribution in [2.45, 2.75) is 23.8 Å². The Morgan fingerprint density at radius 2 is 2.17 bits per heavy atom. The van der Waals surface area contributed by atoms with Crippen molar-refractivity contribution in [3.8, 4) is 0 Å². The van der Waals surface area contributed by atoms with Crippen LogP contribution in [0.4, 0.5) is 5.13 Å². The quantitative estimate of drug-likeness (QED) is 0.830. The zero-order valence-electron chi connectivity index (χ0n) is 13.4. The average molecular weight is 366 g/mol. The standard InChI is InChI=1S/C16H18N2O4S2/c1-16(20)6-7-18(10-16)15-17-9-13(23-15)14(19)11-4-3-5-12(8-11)24(2,21)22/h3-5,8-9,20H,6-7,10H2,1-2H3/t16-/m0/s1. The lowest BCUT2D eigenvalue weighted by Gasteiger charge is -2.17. The highest BCUT2D eigenvalue weighted by molar-refractivity contribution is 7.90. The van der Waals surface area contributed by atoms with E-state index in [-0.39, 0.29) is 10.7 Å². The monoisotopic (exact) mass is 366 g/mol. The molecule has 24 heavy (non-hydrogen) atoms. The minimum atomic E-state index is -3.36. The third-order valence-corrected chi connectivity index (χ3v) is 6.13. The molecule has 2 aromatic rings. The van der Waals surface area contributed by atoms with Gasteiger partial charge in [0.15, 0.2) is 15.0 Å². The van der Waals surface area contributed by atoms with Crippen molar-refractivity contribution < 1.29 is 18.3 Å². The highest BCUT2D eigenvalue weighted by Gasteiger charge is 2.33. The molecule has 1 aromatic heterocycles. The summed E-state index contributed by atoms with van der Waals surface area (Å²) in [4.78, 5) is 19.4. The van der Waals surface area contributed by atoms with E-state index in [1.54, 1.807) is 19.1 Å². The molecule has 128 valence electrons. The third-order valence-electron chi connectivity index (χ3n) is 3.96. The molecule has 0 amide bonds. The van der Waals surface area contributed by atoms with Gasteiger partial charge in [-0.3, -0.25) is 4.79 Å². The van der Waals surface area contributed by atoms with Crippen LogP contribution >= 0.6 is 11.3 Å². The van der Waals surface area contributed by atoms with E-state index in [1.807, 2.05) is 4.90 Å². The zero-order chi connectivity index (χ0) is 17.5. The number of rotatable bonds is 4. The van der Waals surface area contributed by atoms with Crippen LogP contribution in [0.1, 0.15) is 28.6 Å². The van der Waals surface area contributed by atoms with Crippen molar-refractivity contribution in [1.29, 1.82) is 0 Å². The van der Waals surface area contributed by atoms with Crippen LogP contribution in [0, 0.1) is 0 Å². The molecule has 6 nitrogen and oxygen atoms in total. The Kier molecular flexibility index (Phi) is 4.23. The molecule has 3 rings (SSSR count). The summed E-state index contributed by atoms with van der Waals surface area (Å²) in [6, 6.07) is 6.01. The van der Waals surface area contributed by atoms with E-state index in [1.165, 1.54) is 29.7 Å². The number of carbonyl (C=O) groups excluding carboxylic acids is 1. The molecular weight excluding hydrogens is 348 g/mol. The predicted octanol–water partition coefficient (Wildman–Crippen LogP) is 1.74. The van der Waals surface area contributed by atoms with E-state index in [0.717, 1.165) is 6.26 Å². The molecule has 1 atom stereocenters. The predicted molar refractivity (Wildman–Crippen MR) is 92.6 cm³/mol. The molecule has 8 heteroatoms. The summed E-state index contributed by atoms with van der Waals surface area (Å²) in [5.41, 5.74) is -0.416. The summed E-state index contributed by atoms with van der Waals surface area (Å²) in [6.45, 7) is 2.96. The first-order valence-corrected chi connectivity index (χ1v) is 10.1. The van der Waals surface area contributed by atoms with Gasteiger partial charge in [0.25, 0.3) is 0 Å². The summed E-state index contributed by atoms with van der Waals surface area (Å²) in [6.07, 6.45) is 3.27. The number of β-amino-alcohol motifs (C(OH)–C–C–N with tert-alkyl or cyclic N) is 1. The fraction of sp³-hybridized carbons (Fsp3) is 0.375. The molecule has 2 heterocycles. The summed E-state index contributed by atoms with van der Waals surface area (Å²) in [5.74, 6) is -0.254. The second kappa shape index (κ2) is 5.94. The third kappa shape index (κ3) is 3.50. The van der Waals surface area contributed by atoms with Crippen LogP contribution < -0.4 is 4.90 Å². The number of aliphatic hydroxyl groups is 1. The first-order valence-electron chi connectivity index (χ1n) is 7.44. The number of thiazole rings is 1. The van der Waals surface area contributed by atoms with Crippen LogP contribution in [0.2, 0.25) is 0 Å². The molecule has 1 fully saturated rings. The minimum absolute atomic E-state index is 0.119. The van der Waals surface area contributed by atoms with E-state index in [2.05, 4.69) is 4.98 Å². The summed E-state index contributed by atoms with van der Waals surface area (Å²) in [7, 11) is -3.36. The van der Waals surface area contributed by atoms with Gasteiger partial charge in [-0.2, -0.15) is 0 Å². The van der Waals surface area contributed by atoms with Crippen molar-refractivity contribution in [3.63, 3.8) is 0 Å². The second-order valence-corrected chi connectivity index (χ2v) is 9.33. The highest BCUT2D eigenvalue weighted by Crippen LogP contribution is 2.30. The Balaban J connectivity index is 1.84. The van der Waals surface area contributed by atoms with Gasteiger partial charge >= 0.3 is 0 Å². The zero-order valence-corrected chi connectivity index (χ0v) is 15.0. The normalized spacial score (nSPS) is 21.2. The van der Waals surface area contributed by atoms with Crippen LogP contribution in [0.3, 0.4) is 0 Å². The first-order chi connectivity index (χ1) is 11.2. The van der Waals surface area contributed by atoms with Gasteiger partial charge in [-0.1, -0.05) is 23.5 Å². The number of aromatic nitrogens is 1. The number of anilines is 1. The van der Waals surface area contributed by atoms with Crippen LogP contribution in [0.5, 0.6) is 0 Å². The molecule has 1 saturated heterocycles. The number of carbonyl (C=O) groups is 1. The van der Waals surface area contributed by atoms with Crippen LogP contribution in [0.25, 0.3) is 0 Å². The maximum atomic E-state index is 12.6. The molecule has 1 aliphatic rings. The number of nitrogens with zero attached hydrogens (tertiary/aromatic N) is 2. The average Bonchev–Trinajstić information content (AvgIpc) is 3.12. The van der Waals surface area contributed by atoms with Crippen molar-refractivity contribution in [2.75, 3.05) is 24.2 Å². The Hall–Kier alpha value is -1.77. The van der Waals surface area contributed by atoms with Crippen molar-refractivity contribution in [2.24, 2.45) is 0 Å². The topological polar surface area (TPSA) is 87.6 Å². The number of ketones is 1. The SMILES string of the molecule is C[C@]1(O)CCN(c2ncc(C(=O)c3cccc(S(C)(=O)=O)c3)s2)C1. The number of benzene rings is 1. The molecule has 0 saturated carbocycles. The molecule has 0 unspecified atom stereocenters. The lowest BCUT2D eigenvalue weighted by Crippen LogP contribution is -2.29. The van der Waals surface area contributed by atoms with Gasteiger partial charge in [0.1, 0.15) is 0 Å². The lowest BCUT2D eigenvalue weighted by atomic mass is 10.1. The van der Waals surface area contributed by atoms with Crippen molar-refractivity contribution >= 4 is 32.1 Å². The van der Waals surface area contributed by atoms with E-state index < -0.39 is 15.4 Å². The smallest absolute Gasteiger partial charge is 0.204 e. The van der Waals surface area contributed by atoms with Gasteiger partial charge in [-0.05, 0) is 25.5 Å². The Morgan fingerprint density at radius 3 is 2.79 bits per heavy atom. The molecular formula is C16H18N2O4S2. The molecule has 1 aliphatic heterocycles. The van der Waals surface area contributed by atoms with Gasteiger partial charge in [-0.15, -0.1) is 0 Å². The molecule has 0 bridgehead atoms. The van der Waals surface area contributed by atoms with E-state index >= 15 is 0 Å². The summed E-state index contributed by atoms with van der Waals surface area (Å²) in [5, 5.41) is 10.7. The van der Waals surface area contributed by atoms with Crippen molar-refractivity contribution in [1.82, 2.24) is 4.98 Å². The Bertz CT molecular complexity index is 887. The summed E-state index contributed by atoms with van der Waals surface area (Å²) >= 11 is 1.25.